The van der Waals surface area contributed by atoms with Crippen LogP contribution in [0.25, 0.3) is 0 Å². The molecule has 0 bridgehead atoms. The Morgan fingerprint density at radius 2 is 2.00 bits per heavy atom. The quantitative estimate of drug-likeness (QED) is 0.634. The molecule has 0 rings (SSSR count). The molecule has 3 atom stereocenters. The third-order valence-corrected chi connectivity index (χ3v) is 2.26. The summed E-state index contributed by atoms with van der Waals surface area (Å²) in [4.78, 5) is 11.6. The van der Waals surface area contributed by atoms with E-state index in [1.54, 1.807) is 6.08 Å². The van der Waals surface area contributed by atoms with Crippen molar-refractivity contribution < 1.29 is 4.79 Å². The molecule has 14 heavy (non-hydrogen) atoms. The van der Waals surface area contributed by atoms with Crippen LogP contribution in [0.4, 0.5) is 0 Å². The first-order chi connectivity index (χ1) is 6.51. The highest BCUT2D eigenvalue weighted by Gasteiger charge is 2.14. The molecular weight excluding hydrogens is 176 g/mol. The fourth-order valence-corrected chi connectivity index (χ4v) is 1.01. The van der Waals surface area contributed by atoms with Crippen LogP contribution in [-0.2, 0) is 4.79 Å². The summed E-state index contributed by atoms with van der Waals surface area (Å²) in [7, 11) is 0. The third-order valence-electron chi connectivity index (χ3n) is 2.26. The highest BCUT2D eigenvalue weighted by Crippen LogP contribution is 1.92. The molecular formula is C11H22N2O. The number of rotatable bonds is 6. The summed E-state index contributed by atoms with van der Waals surface area (Å²) in [5, 5.41) is 6.05. The molecule has 3 heteroatoms. The first-order valence-electron chi connectivity index (χ1n) is 5.20. The Hall–Kier alpha value is -0.830. The minimum atomic E-state index is -0.169. The summed E-state index contributed by atoms with van der Waals surface area (Å²) < 4.78 is 0. The second-order valence-corrected chi connectivity index (χ2v) is 3.73. The number of hydrogen-bond donors (Lipinski definition) is 2. The van der Waals surface area contributed by atoms with Crippen LogP contribution in [0.15, 0.2) is 12.7 Å². The van der Waals surface area contributed by atoms with Crippen molar-refractivity contribution in [2.75, 3.05) is 0 Å². The molecule has 0 spiro atoms. The maximum Gasteiger partial charge on any atom is 0.237 e. The molecule has 0 aliphatic carbocycles. The lowest BCUT2D eigenvalue weighted by Crippen LogP contribution is -2.47. The maximum atomic E-state index is 11.6. The lowest BCUT2D eigenvalue weighted by molar-refractivity contribution is -0.123. The Labute approximate surface area is 87.0 Å². The molecule has 0 fully saturated rings. The van der Waals surface area contributed by atoms with Crippen LogP contribution in [0.2, 0.25) is 0 Å². The Bertz CT molecular complexity index is 192. The lowest BCUT2D eigenvalue weighted by atomic mass is 10.2. The van der Waals surface area contributed by atoms with Gasteiger partial charge in [0, 0.05) is 12.1 Å². The second-order valence-electron chi connectivity index (χ2n) is 3.73. The molecule has 0 saturated heterocycles. The van der Waals surface area contributed by atoms with Gasteiger partial charge in [-0.3, -0.25) is 4.79 Å². The standard InChI is InChI=1S/C11H22N2O/c1-6-8(3)12-10(5)11(14)13-9(4)7-2/h6,8-10,12H,1,7H2,2-5H3,(H,13,14). The van der Waals surface area contributed by atoms with E-state index in [4.69, 9.17) is 0 Å². The van der Waals surface area contributed by atoms with E-state index >= 15 is 0 Å². The monoisotopic (exact) mass is 198 g/mol. The molecule has 3 unspecified atom stereocenters. The predicted octanol–water partition coefficient (Wildman–Crippen LogP) is 1.45. The number of carbonyl (C=O) groups is 1. The van der Waals surface area contributed by atoms with Crippen LogP contribution in [-0.4, -0.2) is 24.0 Å². The van der Waals surface area contributed by atoms with Gasteiger partial charge in [-0.25, -0.2) is 0 Å². The topological polar surface area (TPSA) is 41.1 Å². The minimum Gasteiger partial charge on any atom is -0.352 e. The fraction of sp³-hybridized carbons (Fsp3) is 0.727. The summed E-state index contributed by atoms with van der Waals surface area (Å²) in [6.07, 6.45) is 2.74. The van der Waals surface area contributed by atoms with E-state index < -0.39 is 0 Å². The van der Waals surface area contributed by atoms with Gasteiger partial charge in [-0.15, -0.1) is 6.58 Å². The van der Waals surface area contributed by atoms with Crippen molar-refractivity contribution in [3.8, 4) is 0 Å². The molecule has 0 aromatic carbocycles. The normalized spacial score (nSPS) is 16.9. The summed E-state index contributed by atoms with van der Waals surface area (Å²) in [6.45, 7) is 11.5. The zero-order chi connectivity index (χ0) is 11.1. The molecule has 0 saturated carbocycles. The first-order valence-corrected chi connectivity index (χ1v) is 5.20. The minimum absolute atomic E-state index is 0.0491. The molecule has 0 radical (unpaired) electrons. The predicted molar refractivity (Wildman–Crippen MR) is 60.2 cm³/mol. The van der Waals surface area contributed by atoms with Crippen molar-refractivity contribution in [2.45, 2.75) is 52.2 Å². The molecule has 2 N–H and O–H groups in total. The Balaban J connectivity index is 3.93. The Morgan fingerprint density at radius 1 is 1.43 bits per heavy atom. The van der Waals surface area contributed by atoms with Crippen molar-refractivity contribution in [3.63, 3.8) is 0 Å². The van der Waals surface area contributed by atoms with Gasteiger partial charge >= 0.3 is 0 Å². The molecule has 0 aromatic rings. The van der Waals surface area contributed by atoms with Crippen LogP contribution in [0.5, 0.6) is 0 Å². The largest absolute Gasteiger partial charge is 0.352 e. The first kappa shape index (κ1) is 13.2. The number of carbonyl (C=O) groups excluding carboxylic acids is 1. The van der Waals surface area contributed by atoms with E-state index in [0.29, 0.717) is 0 Å². The summed E-state index contributed by atoms with van der Waals surface area (Å²) in [5.41, 5.74) is 0. The van der Waals surface area contributed by atoms with E-state index in [1.165, 1.54) is 0 Å². The number of amides is 1. The van der Waals surface area contributed by atoms with E-state index in [9.17, 15) is 4.79 Å². The van der Waals surface area contributed by atoms with Gasteiger partial charge in [0.05, 0.1) is 6.04 Å². The second kappa shape index (κ2) is 6.60. The van der Waals surface area contributed by atoms with Crippen molar-refractivity contribution in [2.24, 2.45) is 0 Å². The van der Waals surface area contributed by atoms with Crippen LogP contribution >= 0.6 is 0 Å². The molecule has 1 amide bonds. The molecule has 0 aliphatic rings. The van der Waals surface area contributed by atoms with Gasteiger partial charge < -0.3 is 10.6 Å². The fourth-order valence-electron chi connectivity index (χ4n) is 1.01. The van der Waals surface area contributed by atoms with Crippen LogP contribution < -0.4 is 10.6 Å². The van der Waals surface area contributed by atoms with Gasteiger partial charge in [-0.1, -0.05) is 13.0 Å². The SMILES string of the molecule is C=CC(C)NC(C)C(=O)NC(C)CC. The van der Waals surface area contributed by atoms with Crippen LogP contribution in [0.1, 0.15) is 34.1 Å². The molecule has 0 heterocycles. The van der Waals surface area contributed by atoms with Gasteiger partial charge in [-0.05, 0) is 27.2 Å². The van der Waals surface area contributed by atoms with E-state index in [2.05, 4.69) is 24.1 Å². The zero-order valence-electron chi connectivity index (χ0n) is 9.63. The molecule has 3 nitrogen and oxygen atoms in total. The van der Waals surface area contributed by atoms with Crippen LogP contribution in [0, 0.1) is 0 Å². The van der Waals surface area contributed by atoms with E-state index in [0.717, 1.165) is 6.42 Å². The maximum absolute atomic E-state index is 11.6. The van der Waals surface area contributed by atoms with Gasteiger partial charge in [0.2, 0.25) is 5.91 Å². The van der Waals surface area contributed by atoms with Gasteiger partial charge in [0.15, 0.2) is 0 Å². The highest BCUT2D eigenvalue weighted by molar-refractivity contribution is 5.81. The summed E-state index contributed by atoms with van der Waals surface area (Å²) in [6, 6.07) is 0.232. The van der Waals surface area contributed by atoms with Crippen LogP contribution in [0.3, 0.4) is 0 Å². The van der Waals surface area contributed by atoms with Gasteiger partial charge in [0.25, 0.3) is 0 Å². The van der Waals surface area contributed by atoms with Crippen molar-refractivity contribution in [1.29, 1.82) is 0 Å². The summed E-state index contributed by atoms with van der Waals surface area (Å²) in [5.74, 6) is 0.0491. The Kier molecular flexibility index (Phi) is 6.21. The average Bonchev–Trinajstić information content (AvgIpc) is 2.17. The van der Waals surface area contributed by atoms with Gasteiger partial charge in [-0.2, -0.15) is 0 Å². The smallest absolute Gasteiger partial charge is 0.237 e. The highest BCUT2D eigenvalue weighted by atomic mass is 16.2. The average molecular weight is 198 g/mol. The molecule has 82 valence electrons. The van der Waals surface area contributed by atoms with E-state index in [1.807, 2.05) is 20.8 Å². The number of nitrogens with one attached hydrogen (secondary N) is 2. The molecule has 0 aromatic heterocycles. The van der Waals surface area contributed by atoms with E-state index in [-0.39, 0.29) is 24.0 Å². The lowest BCUT2D eigenvalue weighted by Gasteiger charge is -2.19. The summed E-state index contributed by atoms with van der Waals surface area (Å²) >= 11 is 0. The number of hydrogen-bond acceptors (Lipinski definition) is 2. The van der Waals surface area contributed by atoms with Crippen molar-refractivity contribution >= 4 is 5.91 Å². The van der Waals surface area contributed by atoms with Crippen molar-refractivity contribution in [1.82, 2.24) is 10.6 Å². The van der Waals surface area contributed by atoms with Crippen molar-refractivity contribution in [3.05, 3.63) is 12.7 Å². The molecule has 0 aliphatic heterocycles. The Morgan fingerprint density at radius 3 is 2.43 bits per heavy atom. The zero-order valence-corrected chi connectivity index (χ0v) is 9.63. The van der Waals surface area contributed by atoms with Gasteiger partial charge in [0.1, 0.15) is 0 Å². The third kappa shape index (κ3) is 5.02.